The molecule has 2 atom stereocenters. The van der Waals surface area contributed by atoms with Gasteiger partial charge in [0.05, 0.1) is 0 Å². The van der Waals surface area contributed by atoms with Gasteiger partial charge in [-0.1, -0.05) is 125 Å². The van der Waals surface area contributed by atoms with E-state index in [9.17, 15) is 9.90 Å². The third kappa shape index (κ3) is 10.8. The molecule has 2 heteroatoms. The summed E-state index contributed by atoms with van der Waals surface area (Å²) >= 11 is 0. The molecule has 0 saturated heterocycles. The molecule has 0 bridgehead atoms. The molecule has 0 spiro atoms. The Bertz CT molecular complexity index is 911. The van der Waals surface area contributed by atoms with Crippen LogP contribution < -0.4 is 0 Å². The molecule has 0 aromatic heterocycles. The Balaban J connectivity index is 1.57. The lowest BCUT2D eigenvalue weighted by atomic mass is 9.71. The zero-order valence-electron chi connectivity index (χ0n) is 24.0. The monoisotopic (exact) mass is 516 g/mol. The van der Waals surface area contributed by atoms with E-state index in [1.165, 1.54) is 81.8 Å². The number of carboxylic acids is 1. The SMILES string of the molecule is CCCCCCC=CC[C@H](CCC[C@H](CC(=O)O)CC1(c2ccccc2)CCCC1)CCc1ccccc1. The Morgan fingerprint density at radius 3 is 2.21 bits per heavy atom. The summed E-state index contributed by atoms with van der Waals surface area (Å²) in [5, 5.41) is 9.74. The predicted octanol–water partition coefficient (Wildman–Crippen LogP) is 10.3. The van der Waals surface area contributed by atoms with Gasteiger partial charge in [0, 0.05) is 6.42 Å². The van der Waals surface area contributed by atoms with Crippen LogP contribution in [-0.2, 0) is 16.6 Å². The third-order valence-corrected chi connectivity index (χ3v) is 8.86. The number of carboxylic acid groups (broad SMARTS) is 1. The topological polar surface area (TPSA) is 37.3 Å². The fourth-order valence-electron chi connectivity index (χ4n) is 6.72. The highest BCUT2D eigenvalue weighted by atomic mass is 16.4. The van der Waals surface area contributed by atoms with Crippen molar-refractivity contribution in [3.05, 3.63) is 83.9 Å². The second-order valence-corrected chi connectivity index (χ2v) is 11.9. The molecule has 1 aliphatic carbocycles. The normalized spacial score (nSPS) is 16.6. The molecule has 0 aliphatic heterocycles. The first kappa shape index (κ1) is 30.2. The van der Waals surface area contributed by atoms with Crippen molar-refractivity contribution in [2.75, 3.05) is 0 Å². The summed E-state index contributed by atoms with van der Waals surface area (Å²) < 4.78 is 0. The van der Waals surface area contributed by atoms with Crippen LogP contribution >= 0.6 is 0 Å². The zero-order chi connectivity index (χ0) is 26.9. The molecule has 1 fully saturated rings. The summed E-state index contributed by atoms with van der Waals surface area (Å²) in [5.41, 5.74) is 3.03. The maximum atomic E-state index is 11.8. The molecule has 0 amide bonds. The summed E-state index contributed by atoms with van der Waals surface area (Å²) in [6.45, 7) is 2.27. The molecular weight excluding hydrogens is 464 g/mol. The van der Waals surface area contributed by atoms with E-state index < -0.39 is 5.97 Å². The first-order valence-corrected chi connectivity index (χ1v) is 15.6. The van der Waals surface area contributed by atoms with Gasteiger partial charge >= 0.3 is 5.97 Å². The van der Waals surface area contributed by atoms with Crippen molar-refractivity contribution < 1.29 is 9.90 Å². The van der Waals surface area contributed by atoms with Gasteiger partial charge in [-0.3, -0.25) is 4.79 Å². The Kier molecular flexibility index (Phi) is 13.7. The number of allylic oxidation sites excluding steroid dienone is 2. The second-order valence-electron chi connectivity index (χ2n) is 11.9. The van der Waals surface area contributed by atoms with Crippen molar-refractivity contribution in [1.29, 1.82) is 0 Å². The van der Waals surface area contributed by atoms with Gasteiger partial charge in [-0.25, -0.2) is 0 Å². The van der Waals surface area contributed by atoms with Crippen LogP contribution in [0.2, 0.25) is 0 Å². The van der Waals surface area contributed by atoms with E-state index in [0.717, 1.165) is 32.1 Å². The number of unbranched alkanes of at least 4 members (excludes halogenated alkanes) is 4. The van der Waals surface area contributed by atoms with Crippen molar-refractivity contribution >= 4 is 5.97 Å². The molecule has 1 aliphatic rings. The van der Waals surface area contributed by atoms with E-state index in [2.05, 4.69) is 79.7 Å². The van der Waals surface area contributed by atoms with Crippen molar-refractivity contribution in [1.82, 2.24) is 0 Å². The molecule has 0 radical (unpaired) electrons. The number of carbonyl (C=O) groups is 1. The molecular formula is C36H52O2. The minimum Gasteiger partial charge on any atom is -0.481 e. The largest absolute Gasteiger partial charge is 0.481 e. The number of hydrogen-bond donors (Lipinski definition) is 1. The number of aliphatic carboxylic acids is 1. The molecule has 2 aromatic carbocycles. The van der Waals surface area contributed by atoms with Crippen molar-refractivity contribution in [2.24, 2.45) is 11.8 Å². The van der Waals surface area contributed by atoms with Crippen LogP contribution in [0.4, 0.5) is 0 Å². The van der Waals surface area contributed by atoms with E-state index in [-0.39, 0.29) is 11.3 Å². The molecule has 0 heterocycles. The highest BCUT2D eigenvalue weighted by molar-refractivity contribution is 5.67. The predicted molar refractivity (Wildman–Crippen MR) is 162 cm³/mol. The maximum Gasteiger partial charge on any atom is 0.303 e. The summed E-state index contributed by atoms with van der Waals surface area (Å²) in [4.78, 5) is 11.8. The van der Waals surface area contributed by atoms with Gasteiger partial charge < -0.3 is 5.11 Å². The van der Waals surface area contributed by atoms with Crippen LogP contribution in [0.25, 0.3) is 0 Å². The number of aryl methyl sites for hydroxylation is 1. The quantitative estimate of drug-likeness (QED) is 0.149. The van der Waals surface area contributed by atoms with Crippen molar-refractivity contribution in [2.45, 2.75) is 121 Å². The van der Waals surface area contributed by atoms with E-state index in [0.29, 0.717) is 12.3 Å². The Morgan fingerprint density at radius 2 is 1.53 bits per heavy atom. The van der Waals surface area contributed by atoms with E-state index in [1.54, 1.807) is 0 Å². The van der Waals surface area contributed by atoms with Crippen LogP contribution in [0, 0.1) is 11.8 Å². The molecule has 2 aromatic rings. The van der Waals surface area contributed by atoms with Crippen LogP contribution in [0.5, 0.6) is 0 Å². The van der Waals surface area contributed by atoms with E-state index >= 15 is 0 Å². The highest BCUT2D eigenvalue weighted by Crippen LogP contribution is 2.47. The van der Waals surface area contributed by atoms with Crippen molar-refractivity contribution in [3.8, 4) is 0 Å². The van der Waals surface area contributed by atoms with Gasteiger partial charge in [0.2, 0.25) is 0 Å². The van der Waals surface area contributed by atoms with Gasteiger partial charge in [-0.2, -0.15) is 0 Å². The number of benzene rings is 2. The average molecular weight is 517 g/mol. The minimum absolute atomic E-state index is 0.175. The first-order chi connectivity index (χ1) is 18.6. The maximum absolute atomic E-state index is 11.8. The molecule has 1 saturated carbocycles. The van der Waals surface area contributed by atoms with E-state index in [1.807, 2.05) is 0 Å². The smallest absolute Gasteiger partial charge is 0.303 e. The molecule has 0 unspecified atom stereocenters. The fourth-order valence-corrected chi connectivity index (χ4v) is 6.72. The molecule has 3 rings (SSSR count). The van der Waals surface area contributed by atoms with E-state index in [4.69, 9.17) is 0 Å². The van der Waals surface area contributed by atoms with Gasteiger partial charge in [0.15, 0.2) is 0 Å². The minimum atomic E-state index is -0.636. The van der Waals surface area contributed by atoms with Crippen LogP contribution in [0.3, 0.4) is 0 Å². The molecule has 38 heavy (non-hydrogen) atoms. The van der Waals surface area contributed by atoms with Gasteiger partial charge in [0.25, 0.3) is 0 Å². The lowest BCUT2D eigenvalue weighted by molar-refractivity contribution is -0.138. The average Bonchev–Trinajstić information content (AvgIpc) is 3.41. The van der Waals surface area contributed by atoms with Gasteiger partial charge in [-0.15, -0.1) is 0 Å². The van der Waals surface area contributed by atoms with Gasteiger partial charge in [-0.05, 0) is 86.2 Å². The lowest BCUT2D eigenvalue weighted by Gasteiger charge is -2.34. The lowest BCUT2D eigenvalue weighted by Crippen LogP contribution is -2.27. The zero-order valence-corrected chi connectivity index (χ0v) is 24.0. The van der Waals surface area contributed by atoms with Crippen LogP contribution in [-0.4, -0.2) is 11.1 Å². The van der Waals surface area contributed by atoms with Gasteiger partial charge in [0.1, 0.15) is 0 Å². The summed E-state index contributed by atoms with van der Waals surface area (Å²) in [6, 6.07) is 21.8. The Labute approximate surface area is 233 Å². The van der Waals surface area contributed by atoms with Crippen LogP contribution in [0.15, 0.2) is 72.8 Å². The number of hydrogen-bond acceptors (Lipinski definition) is 1. The summed E-state index contributed by atoms with van der Waals surface area (Å²) in [7, 11) is 0. The Morgan fingerprint density at radius 1 is 0.842 bits per heavy atom. The first-order valence-electron chi connectivity index (χ1n) is 15.6. The second kappa shape index (κ2) is 17.3. The molecule has 208 valence electrons. The number of rotatable bonds is 19. The molecule has 2 nitrogen and oxygen atoms in total. The summed E-state index contributed by atoms with van der Waals surface area (Å²) in [6.07, 6.45) is 24.4. The Hall–Kier alpha value is -2.35. The van der Waals surface area contributed by atoms with Crippen LogP contribution in [0.1, 0.15) is 121 Å². The van der Waals surface area contributed by atoms with Crippen molar-refractivity contribution in [3.63, 3.8) is 0 Å². The highest BCUT2D eigenvalue weighted by Gasteiger charge is 2.37. The summed E-state index contributed by atoms with van der Waals surface area (Å²) in [5.74, 6) is 0.291. The molecule has 1 N–H and O–H groups in total. The standard InChI is InChI=1S/C36H52O2/c1-2-3-4-5-6-7-10-18-32(26-25-31-19-11-8-12-20-31)21-17-22-33(29-35(37)38)30-36(27-15-16-28-36)34-23-13-9-14-24-34/h7-14,19-20,23-24,32-33H,2-6,15-18,21-22,25-30H2,1H3,(H,37,38)/t32-,33-/m1/s1. The third-order valence-electron chi connectivity index (χ3n) is 8.86. The fraction of sp³-hybridized carbons (Fsp3) is 0.583.